The second kappa shape index (κ2) is 6.06. The summed E-state index contributed by atoms with van der Waals surface area (Å²) in [6.45, 7) is 7.21. The van der Waals surface area contributed by atoms with Crippen LogP contribution in [0.3, 0.4) is 0 Å². The molecule has 1 aliphatic rings. The lowest BCUT2D eigenvalue weighted by Gasteiger charge is -2.23. The van der Waals surface area contributed by atoms with Crippen molar-refractivity contribution < 1.29 is 4.79 Å². The molecule has 1 saturated heterocycles. The van der Waals surface area contributed by atoms with Gasteiger partial charge in [0.05, 0.1) is 0 Å². The molecule has 1 aromatic rings. The van der Waals surface area contributed by atoms with E-state index >= 15 is 0 Å². The van der Waals surface area contributed by atoms with Crippen molar-refractivity contribution in [1.29, 1.82) is 0 Å². The number of nitrogens with zero attached hydrogens (tertiary/aromatic N) is 2. The van der Waals surface area contributed by atoms with Crippen LogP contribution in [0.25, 0.3) is 0 Å². The summed E-state index contributed by atoms with van der Waals surface area (Å²) < 4.78 is 0. The van der Waals surface area contributed by atoms with Crippen molar-refractivity contribution in [3.8, 4) is 0 Å². The van der Waals surface area contributed by atoms with Crippen molar-refractivity contribution in [3.05, 3.63) is 29.8 Å². The predicted molar refractivity (Wildman–Crippen MR) is 78.1 cm³/mol. The fourth-order valence-corrected chi connectivity index (χ4v) is 2.48. The zero-order valence-corrected chi connectivity index (χ0v) is 11.8. The SMILES string of the molecule is CC(=O)N1CCCN(c2ccc([C@@H](C)N)cc2)CC1. The Bertz CT molecular complexity index is 428. The van der Waals surface area contributed by atoms with Gasteiger partial charge in [0.15, 0.2) is 0 Å². The number of benzene rings is 1. The molecule has 1 aromatic carbocycles. The third-order valence-corrected chi connectivity index (χ3v) is 3.73. The molecule has 0 aromatic heterocycles. The van der Waals surface area contributed by atoms with E-state index in [1.54, 1.807) is 6.92 Å². The van der Waals surface area contributed by atoms with Crippen LogP contribution >= 0.6 is 0 Å². The smallest absolute Gasteiger partial charge is 0.219 e. The van der Waals surface area contributed by atoms with Crippen LogP contribution in [0.15, 0.2) is 24.3 Å². The van der Waals surface area contributed by atoms with E-state index in [9.17, 15) is 4.79 Å². The molecule has 1 heterocycles. The Morgan fingerprint density at radius 3 is 2.42 bits per heavy atom. The van der Waals surface area contributed by atoms with Gasteiger partial charge in [-0.05, 0) is 31.0 Å². The molecule has 1 atom stereocenters. The lowest BCUT2D eigenvalue weighted by molar-refractivity contribution is -0.128. The molecular formula is C15H23N3O. The Morgan fingerprint density at radius 1 is 1.16 bits per heavy atom. The van der Waals surface area contributed by atoms with Crippen LogP contribution in [-0.2, 0) is 4.79 Å². The molecule has 0 radical (unpaired) electrons. The van der Waals surface area contributed by atoms with Gasteiger partial charge in [0.1, 0.15) is 0 Å². The Morgan fingerprint density at radius 2 is 1.84 bits per heavy atom. The summed E-state index contributed by atoms with van der Waals surface area (Å²) in [5.74, 6) is 0.175. The van der Waals surface area contributed by atoms with E-state index in [4.69, 9.17) is 5.73 Å². The fourth-order valence-electron chi connectivity index (χ4n) is 2.48. The maximum Gasteiger partial charge on any atom is 0.219 e. The van der Waals surface area contributed by atoms with E-state index in [1.165, 1.54) is 5.69 Å². The minimum atomic E-state index is 0.0754. The number of anilines is 1. The lowest BCUT2D eigenvalue weighted by atomic mass is 10.1. The van der Waals surface area contributed by atoms with E-state index in [0.717, 1.165) is 38.2 Å². The molecule has 2 N–H and O–H groups in total. The lowest BCUT2D eigenvalue weighted by Crippen LogP contribution is -2.33. The van der Waals surface area contributed by atoms with E-state index in [2.05, 4.69) is 29.2 Å². The average Bonchev–Trinajstić information content (AvgIpc) is 2.64. The Kier molecular flexibility index (Phi) is 4.43. The van der Waals surface area contributed by atoms with Crippen molar-refractivity contribution in [1.82, 2.24) is 4.90 Å². The summed E-state index contributed by atoms with van der Waals surface area (Å²) in [4.78, 5) is 15.7. The van der Waals surface area contributed by atoms with Gasteiger partial charge >= 0.3 is 0 Å². The van der Waals surface area contributed by atoms with Gasteiger partial charge in [-0.1, -0.05) is 12.1 Å². The highest BCUT2D eigenvalue weighted by molar-refractivity contribution is 5.73. The molecule has 1 fully saturated rings. The Labute approximate surface area is 115 Å². The first kappa shape index (κ1) is 13.9. The van der Waals surface area contributed by atoms with Gasteiger partial charge in [0, 0.05) is 44.8 Å². The largest absolute Gasteiger partial charge is 0.370 e. The van der Waals surface area contributed by atoms with Gasteiger partial charge in [-0.3, -0.25) is 4.79 Å². The summed E-state index contributed by atoms with van der Waals surface area (Å²) >= 11 is 0. The Balaban J connectivity index is 2.03. The minimum Gasteiger partial charge on any atom is -0.370 e. The first-order valence-electron chi connectivity index (χ1n) is 6.94. The number of nitrogens with two attached hydrogens (primary N) is 1. The number of carbonyl (C=O) groups excluding carboxylic acids is 1. The van der Waals surface area contributed by atoms with Crippen LogP contribution in [-0.4, -0.2) is 37.0 Å². The topological polar surface area (TPSA) is 49.6 Å². The first-order valence-corrected chi connectivity index (χ1v) is 6.94. The van der Waals surface area contributed by atoms with Gasteiger partial charge in [0.2, 0.25) is 5.91 Å². The maximum absolute atomic E-state index is 11.4. The van der Waals surface area contributed by atoms with Crippen molar-refractivity contribution in [2.24, 2.45) is 5.73 Å². The van der Waals surface area contributed by atoms with Crippen molar-refractivity contribution >= 4 is 11.6 Å². The number of amides is 1. The average molecular weight is 261 g/mol. The molecule has 0 saturated carbocycles. The van der Waals surface area contributed by atoms with Crippen LogP contribution in [0, 0.1) is 0 Å². The molecule has 1 amide bonds. The van der Waals surface area contributed by atoms with Gasteiger partial charge in [-0.15, -0.1) is 0 Å². The van der Waals surface area contributed by atoms with Gasteiger partial charge in [-0.2, -0.15) is 0 Å². The van der Waals surface area contributed by atoms with Crippen LogP contribution in [0.1, 0.15) is 31.9 Å². The normalized spacial score (nSPS) is 18.1. The highest BCUT2D eigenvalue weighted by atomic mass is 16.2. The van der Waals surface area contributed by atoms with Crippen molar-refractivity contribution in [2.75, 3.05) is 31.1 Å². The summed E-state index contributed by atoms with van der Waals surface area (Å²) in [5.41, 5.74) is 8.23. The predicted octanol–water partition coefficient (Wildman–Crippen LogP) is 1.76. The molecule has 2 rings (SSSR count). The second-order valence-electron chi connectivity index (χ2n) is 5.23. The number of hydrogen-bond donors (Lipinski definition) is 1. The number of hydrogen-bond acceptors (Lipinski definition) is 3. The first-order chi connectivity index (χ1) is 9.08. The minimum absolute atomic E-state index is 0.0754. The monoisotopic (exact) mass is 261 g/mol. The van der Waals surface area contributed by atoms with Crippen molar-refractivity contribution in [2.45, 2.75) is 26.3 Å². The molecule has 1 aliphatic heterocycles. The Hall–Kier alpha value is -1.55. The molecular weight excluding hydrogens is 238 g/mol. The quantitative estimate of drug-likeness (QED) is 0.882. The number of carbonyl (C=O) groups is 1. The highest BCUT2D eigenvalue weighted by Crippen LogP contribution is 2.19. The molecule has 0 aliphatic carbocycles. The van der Waals surface area contributed by atoms with Gasteiger partial charge < -0.3 is 15.5 Å². The molecule has 0 bridgehead atoms. The summed E-state index contributed by atoms with van der Waals surface area (Å²) in [6.07, 6.45) is 1.02. The van der Waals surface area contributed by atoms with Gasteiger partial charge in [-0.25, -0.2) is 0 Å². The second-order valence-corrected chi connectivity index (χ2v) is 5.23. The molecule has 19 heavy (non-hydrogen) atoms. The third-order valence-electron chi connectivity index (χ3n) is 3.73. The number of rotatable bonds is 2. The van der Waals surface area contributed by atoms with Crippen molar-refractivity contribution in [3.63, 3.8) is 0 Å². The van der Waals surface area contributed by atoms with Crippen LogP contribution in [0.2, 0.25) is 0 Å². The maximum atomic E-state index is 11.4. The zero-order chi connectivity index (χ0) is 13.8. The molecule has 4 heteroatoms. The van der Waals surface area contributed by atoms with E-state index < -0.39 is 0 Å². The van der Waals surface area contributed by atoms with Crippen LogP contribution in [0.4, 0.5) is 5.69 Å². The van der Waals surface area contributed by atoms with Crippen LogP contribution < -0.4 is 10.6 Å². The molecule has 0 unspecified atom stereocenters. The molecule has 0 spiro atoms. The van der Waals surface area contributed by atoms with Crippen LogP contribution in [0.5, 0.6) is 0 Å². The van der Waals surface area contributed by atoms with E-state index in [0.29, 0.717) is 0 Å². The summed E-state index contributed by atoms with van der Waals surface area (Å²) in [5, 5.41) is 0. The molecule has 104 valence electrons. The molecule has 4 nitrogen and oxygen atoms in total. The standard InChI is InChI=1S/C15H23N3O/c1-12(16)14-4-6-15(7-5-14)18-9-3-8-17(10-11-18)13(2)19/h4-7,12H,3,8-11,16H2,1-2H3/t12-/m1/s1. The summed E-state index contributed by atoms with van der Waals surface area (Å²) in [6, 6.07) is 8.51. The third kappa shape index (κ3) is 3.47. The fraction of sp³-hybridized carbons (Fsp3) is 0.533. The van der Waals surface area contributed by atoms with E-state index in [1.807, 2.05) is 11.8 Å². The highest BCUT2D eigenvalue weighted by Gasteiger charge is 2.16. The zero-order valence-electron chi connectivity index (χ0n) is 11.8. The summed E-state index contributed by atoms with van der Waals surface area (Å²) in [7, 11) is 0. The van der Waals surface area contributed by atoms with Gasteiger partial charge in [0.25, 0.3) is 0 Å². The van der Waals surface area contributed by atoms with E-state index in [-0.39, 0.29) is 11.9 Å².